The van der Waals surface area contributed by atoms with E-state index in [9.17, 15) is 8.42 Å². The molecule has 0 amide bonds. The van der Waals surface area contributed by atoms with Gasteiger partial charge in [0.15, 0.2) is 0 Å². The molecule has 0 atom stereocenters. The van der Waals surface area contributed by atoms with Gasteiger partial charge in [-0.1, -0.05) is 0 Å². The van der Waals surface area contributed by atoms with Gasteiger partial charge in [-0.3, -0.25) is 9.36 Å². The van der Waals surface area contributed by atoms with Gasteiger partial charge in [0.25, 0.3) is 0 Å². The molecule has 116 valence electrons. The second-order valence-corrected chi connectivity index (χ2v) is 6.33. The zero-order valence-electron chi connectivity index (χ0n) is 11.9. The first-order chi connectivity index (χ1) is 10.1. The molecule has 2 aromatic heterocycles. The second-order valence-electron chi connectivity index (χ2n) is 4.56. The van der Waals surface area contributed by atoms with E-state index < -0.39 is 10.0 Å². The number of aromatic nitrogens is 4. The minimum Gasteiger partial charge on any atom is -0.320 e. The Balaban J connectivity index is 1.86. The molecule has 0 saturated heterocycles. The Labute approximate surface area is 124 Å². The number of sulfonamides is 1. The maximum Gasteiger partial charge on any atom is 0.243 e. The molecule has 0 aliphatic heterocycles. The van der Waals surface area contributed by atoms with Crippen molar-refractivity contribution in [1.82, 2.24) is 29.6 Å². The summed E-state index contributed by atoms with van der Waals surface area (Å²) in [5, 5.41) is 11.1. The van der Waals surface area contributed by atoms with Crippen LogP contribution in [0.1, 0.15) is 6.42 Å². The zero-order chi connectivity index (χ0) is 15.1. The number of hydrogen-bond donors (Lipinski definition) is 2. The van der Waals surface area contributed by atoms with Crippen LogP contribution in [0.5, 0.6) is 0 Å². The van der Waals surface area contributed by atoms with Crippen molar-refractivity contribution in [2.45, 2.75) is 24.4 Å². The van der Waals surface area contributed by atoms with Crippen molar-refractivity contribution in [3.05, 3.63) is 30.9 Å². The number of hydrogen-bond acceptors (Lipinski definition) is 5. The maximum atomic E-state index is 12.1. The molecule has 2 rings (SSSR count). The summed E-state index contributed by atoms with van der Waals surface area (Å²) in [5.41, 5.74) is 0. The lowest BCUT2D eigenvalue weighted by molar-refractivity contribution is 0.556. The van der Waals surface area contributed by atoms with Crippen molar-refractivity contribution in [3.8, 4) is 0 Å². The molecule has 0 fully saturated rings. The molecule has 0 aliphatic rings. The highest BCUT2D eigenvalue weighted by atomic mass is 32.2. The van der Waals surface area contributed by atoms with Gasteiger partial charge < -0.3 is 5.32 Å². The molecule has 9 heteroatoms. The van der Waals surface area contributed by atoms with Crippen molar-refractivity contribution >= 4 is 10.0 Å². The van der Waals surface area contributed by atoms with Crippen molar-refractivity contribution < 1.29 is 8.42 Å². The molecule has 0 unspecified atom stereocenters. The van der Waals surface area contributed by atoms with E-state index in [0.717, 1.165) is 13.0 Å². The molecule has 0 bridgehead atoms. The molecule has 0 aromatic carbocycles. The van der Waals surface area contributed by atoms with E-state index in [1.807, 2.05) is 7.05 Å². The van der Waals surface area contributed by atoms with Gasteiger partial charge in [-0.2, -0.15) is 10.2 Å². The van der Waals surface area contributed by atoms with Gasteiger partial charge in [0.05, 0.1) is 12.7 Å². The summed E-state index contributed by atoms with van der Waals surface area (Å²) < 4.78 is 30.0. The Morgan fingerprint density at radius 2 is 2.05 bits per heavy atom. The standard InChI is InChI=1S/C12H20N6O2S/c1-13-4-2-8-18-11-12(10-15-18)21(19,20)16-6-9-17-7-3-5-14-17/h3,5,7,10-11,13,16H,2,4,6,8-9H2,1H3. The third-order valence-electron chi connectivity index (χ3n) is 2.93. The van der Waals surface area contributed by atoms with Crippen LogP contribution in [0.25, 0.3) is 0 Å². The Morgan fingerprint density at radius 3 is 2.76 bits per heavy atom. The first-order valence-corrected chi connectivity index (χ1v) is 8.24. The monoisotopic (exact) mass is 312 g/mol. The fourth-order valence-corrected chi connectivity index (χ4v) is 2.81. The van der Waals surface area contributed by atoms with Crippen LogP contribution in [0.3, 0.4) is 0 Å². The summed E-state index contributed by atoms with van der Waals surface area (Å²) >= 11 is 0. The molecule has 2 N–H and O–H groups in total. The Morgan fingerprint density at radius 1 is 1.19 bits per heavy atom. The van der Waals surface area contributed by atoms with Crippen molar-refractivity contribution in [2.24, 2.45) is 0 Å². The third kappa shape index (κ3) is 4.66. The average Bonchev–Trinajstić information content (AvgIpc) is 3.10. The fourth-order valence-electron chi connectivity index (χ4n) is 1.83. The molecule has 21 heavy (non-hydrogen) atoms. The van der Waals surface area contributed by atoms with Gasteiger partial charge in [-0.25, -0.2) is 13.1 Å². The average molecular weight is 312 g/mol. The number of nitrogens with one attached hydrogen (secondary N) is 2. The summed E-state index contributed by atoms with van der Waals surface area (Å²) in [4.78, 5) is 0.187. The van der Waals surface area contributed by atoms with Crippen LogP contribution in [-0.4, -0.2) is 48.1 Å². The topological polar surface area (TPSA) is 93.8 Å². The predicted molar refractivity (Wildman–Crippen MR) is 78.2 cm³/mol. The first-order valence-electron chi connectivity index (χ1n) is 6.76. The van der Waals surface area contributed by atoms with Gasteiger partial charge in [-0.05, 0) is 26.1 Å². The number of nitrogens with zero attached hydrogens (tertiary/aromatic N) is 4. The Bertz CT molecular complexity index is 635. The molecule has 0 saturated carbocycles. The van der Waals surface area contributed by atoms with E-state index in [2.05, 4.69) is 20.2 Å². The maximum absolute atomic E-state index is 12.1. The van der Waals surface area contributed by atoms with Crippen LogP contribution in [0.15, 0.2) is 35.7 Å². The smallest absolute Gasteiger partial charge is 0.243 e. The minimum atomic E-state index is -3.51. The largest absolute Gasteiger partial charge is 0.320 e. The van der Waals surface area contributed by atoms with Crippen molar-refractivity contribution in [3.63, 3.8) is 0 Å². The second kappa shape index (κ2) is 7.34. The van der Waals surface area contributed by atoms with Crippen LogP contribution in [0.2, 0.25) is 0 Å². The van der Waals surface area contributed by atoms with Gasteiger partial charge in [0.2, 0.25) is 10.0 Å². The Hall–Kier alpha value is -1.71. The van der Waals surface area contributed by atoms with Crippen LogP contribution < -0.4 is 10.0 Å². The molecule has 8 nitrogen and oxygen atoms in total. The summed E-state index contributed by atoms with van der Waals surface area (Å²) in [5.74, 6) is 0. The Kier molecular flexibility index (Phi) is 5.48. The zero-order valence-corrected chi connectivity index (χ0v) is 12.8. The molecular formula is C12H20N6O2S. The number of rotatable bonds is 9. The lowest BCUT2D eigenvalue weighted by atomic mass is 10.4. The van der Waals surface area contributed by atoms with Crippen molar-refractivity contribution in [2.75, 3.05) is 20.1 Å². The highest BCUT2D eigenvalue weighted by molar-refractivity contribution is 7.89. The van der Waals surface area contributed by atoms with Gasteiger partial charge >= 0.3 is 0 Å². The molecule has 2 heterocycles. The van der Waals surface area contributed by atoms with Crippen LogP contribution in [0, 0.1) is 0 Å². The van der Waals surface area contributed by atoms with Gasteiger partial charge in [0.1, 0.15) is 4.90 Å². The van der Waals surface area contributed by atoms with Crippen LogP contribution in [0.4, 0.5) is 0 Å². The fraction of sp³-hybridized carbons (Fsp3) is 0.500. The predicted octanol–water partition coefficient (Wildman–Crippen LogP) is -0.332. The molecule has 0 spiro atoms. The normalized spacial score (nSPS) is 11.9. The highest BCUT2D eigenvalue weighted by Gasteiger charge is 2.15. The minimum absolute atomic E-state index is 0.187. The van der Waals surface area contributed by atoms with Gasteiger partial charge in [-0.15, -0.1) is 0 Å². The summed E-state index contributed by atoms with van der Waals surface area (Å²) in [6.07, 6.45) is 7.25. The molecule has 2 aromatic rings. The lowest BCUT2D eigenvalue weighted by Gasteiger charge is -2.05. The quantitative estimate of drug-likeness (QED) is 0.618. The van der Waals surface area contributed by atoms with E-state index in [1.54, 1.807) is 34.0 Å². The molecular weight excluding hydrogens is 292 g/mol. The van der Waals surface area contributed by atoms with E-state index in [4.69, 9.17) is 0 Å². The summed E-state index contributed by atoms with van der Waals surface area (Å²) in [7, 11) is -1.64. The third-order valence-corrected chi connectivity index (χ3v) is 4.34. The van der Waals surface area contributed by atoms with E-state index in [1.165, 1.54) is 6.20 Å². The van der Waals surface area contributed by atoms with E-state index >= 15 is 0 Å². The van der Waals surface area contributed by atoms with Gasteiger partial charge in [0, 0.05) is 31.7 Å². The summed E-state index contributed by atoms with van der Waals surface area (Å²) in [6, 6.07) is 1.80. The van der Waals surface area contributed by atoms with E-state index in [-0.39, 0.29) is 11.4 Å². The highest BCUT2D eigenvalue weighted by Crippen LogP contribution is 2.07. The lowest BCUT2D eigenvalue weighted by Crippen LogP contribution is -2.27. The summed E-state index contributed by atoms with van der Waals surface area (Å²) in [6.45, 7) is 2.32. The van der Waals surface area contributed by atoms with Crippen molar-refractivity contribution in [1.29, 1.82) is 0 Å². The van der Waals surface area contributed by atoms with Crippen LogP contribution in [-0.2, 0) is 23.1 Å². The van der Waals surface area contributed by atoms with E-state index in [0.29, 0.717) is 13.1 Å². The molecule has 0 aliphatic carbocycles. The van der Waals surface area contributed by atoms with Crippen LogP contribution >= 0.6 is 0 Å². The molecule has 0 radical (unpaired) electrons. The SMILES string of the molecule is CNCCCn1cc(S(=O)(=O)NCCn2cccn2)cn1. The number of aryl methyl sites for hydroxylation is 1. The first kappa shape index (κ1) is 15.7.